The first-order valence-corrected chi connectivity index (χ1v) is 10.5. The molecule has 0 aliphatic rings. The lowest BCUT2D eigenvalue weighted by Crippen LogP contribution is -2.01. The van der Waals surface area contributed by atoms with Crippen molar-refractivity contribution in [3.8, 4) is 22.8 Å². The molecule has 1 aromatic heterocycles. The predicted octanol–water partition coefficient (Wildman–Crippen LogP) is 5.85. The van der Waals surface area contributed by atoms with Crippen LogP contribution in [0.2, 0.25) is 0 Å². The van der Waals surface area contributed by atoms with Crippen LogP contribution in [-0.4, -0.2) is 21.9 Å². The number of nitrogens with zero attached hydrogens (tertiary/aromatic N) is 3. The standard InChI is InChI=1S/C24H23N3OS/c1-17-11-13-19(14-12-17)16-29-24-26-25-23(21-9-4-5-10-22(21)28-3)27(24)20-8-6-7-18(2)15-20/h4-15H,16H2,1-3H3. The number of para-hydroxylation sites is 1. The van der Waals surface area contributed by atoms with Crippen molar-refractivity contribution in [3.63, 3.8) is 0 Å². The summed E-state index contributed by atoms with van der Waals surface area (Å²) in [6, 6.07) is 24.9. The molecule has 4 aromatic rings. The second-order valence-electron chi connectivity index (χ2n) is 6.96. The number of benzene rings is 3. The zero-order valence-electron chi connectivity index (χ0n) is 16.8. The van der Waals surface area contributed by atoms with E-state index in [9.17, 15) is 0 Å². The van der Waals surface area contributed by atoms with Crippen LogP contribution in [0, 0.1) is 13.8 Å². The Morgan fingerprint density at radius 1 is 0.862 bits per heavy atom. The molecule has 0 saturated carbocycles. The smallest absolute Gasteiger partial charge is 0.196 e. The molecule has 0 N–H and O–H groups in total. The molecular weight excluding hydrogens is 378 g/mol. The Labute approximate surface area is 175 Å². The number of thioether (sulfide) groups is 1. The van der Waals surface area contributed by atoms with E-state index in [0.717, 1.165) is 33.7 Å². The van der Waals surface area contributed by atoms with Crippen molar-refractivity contribution in [2.45, 2.75) is 24.8 Å². The molecule has 0 atom stereocenters. The minimum atomic E-state index is 0.777. The number of methoxy groups -OCH3 is 1. The van der Waals surface area contributed by atoms with Gasteiger partial charge in [-0.25, -0.2) is 0 Å². The third-order valence-electron chi connectivity index (χ3n) is 4.73. The van der Waals surface area contributed by atoms with E-state index >= 15 is 0 Å². The van der Waals surface area contributed by atoms with Crippen LogP contribution in [0.15, 0.2) is 78.0 Å². The molecule has 0 unspecified atom stereocenters. The molecule has 0 spiro atoms. The first-order valence-electron chi connectivity index (χ1n) is 9.50. The van der Waals surface area contributed by atoms with E-state index in [1.807, 2.05) is 24.3 Å². The summed E-state index contributed by atoms with van der Waals surface area (Å²) in [7, 11) is 1.68. The zero-order valence-corrected chi connectivity index (χ0v) is 17.6. The fourth-order valence-electron chi connectivity index (χ4n) is 3.20. The van der Waals surface area contributed by atoms with Crippen LogP contribution in [0.25, 0.3) is 17.1 Å². The number of rotatable bonds is 6. The van der Waals surface area contributed by atoms with Crippen LogP contribution >= 0.6 is 11.8 Å². The Balaban J connectivity index is 1.77. The highest BCUT2D eigenvalue weighted by Crippen LogP contribution is 2.34. The van der Waals surface area contributed by atoms with Gasteiger partial charge < -0.3 is 4.74 Å². The highest BCUT2D eigenvalue weighted by molar-refractivity contribution is 7.98. The number of hydrogen-bond donors (Lipinski definition) is 0. The minimum Gasteiger partial charge on any atom is -0.496 e. The van der Waals surface area contributed by atoms with Crippen LogP contribution in [0.5, 0.6) is 5.75 Å². The van der Waals surface area contributed by atoms with E-state index in [-0.39, 0.29) is 0 Å². The van der Waals surface area contributed by atoms with Crippen molar-refractivity contribution >= 4 is 11.8 Å². The Morgan fingerprint density at radius 2 is 1.66 bits per heavy atom. The summed E-state index contributed by atoms with van der Waals surface area (Å²) in [6.45, 7) is 4.20. The Bertz CT molecular complexity index is 1120. The molecule has 0 aliphatic carbocycles. The molecule has 4 nitrogen and oxygen atoms in total. The molecule has 0 amide bonds. The molecule has 0 aliphatic heterocycles. The van der Waals surface area contributed by atoms with Gasteiger partial charge in [0.1, 0.15) is 5.75 Å². The van der Waals surface area contributed by atoms with Crippen molar-refractivity contribution in [3.05, 3.63) is 89.5 Å². The second kappa shape index (κ2) is 8.53. The summed E-state index contributed by atoms with van der Waals surface area (Å²) < 4.78 is 7.69. The SMILES string of the molecule is COc1ccccc1-c1nnc(SCc2ccc(C)cc2)n1-c1cccc(C)c1. The van der Waals surface area contributed by atoms with Crippen LogP contribution in [0.4, 0.5) is 0 Å². The average molecular weight is 402 g/mol. The van der Waals surface area contributed by atoms with Gasteiger partial charge in [0.2, 0.25) is 0 Å². The first kappa shape index (κ1) is 19.3. The van der Waals surface area contributed by atoms with Gasteiger partial charge in [-0.3, -0.25) is 4.57 Å². The van der Waals surface area contributed by atoms with Gasteiger partial charge in [0.25, 0.3) is 0 Å². The van der Waals surface area contributed by atoms with Gasteiger partial charge in [-0.05, 0) is 49.2 Å². The van der Waals surface area contributed by atoms with Gasteiger partial charge >= 0.3 is 0 Å². The van der Waals surface area contributed by atoms with E-state index in [1.54, 1.807) is 18.9 Å². The maximum Gasteiger partial charge on any atom is 0.196 e. The minimum absolute atomic E-state index is 0.777. The molecule has 1 heterocycles. The summed E-state index contributed by atoms with van der Waals surface area (Å²) in [5.41, 5.74) is 5.68. The fourth-order valence-corrected chi connectivity index (χ4v) is 4.11. The van der Waals surface area contributed by atoms with E-state index in [1.165, 1.54) is 16.7 Å². The maximum atomic E-state index is 5.58. The zero-order chi connectivity index (χ0) is 20.2. The second-order valence-corrected chi connectivity index (χ2v) is 7.90. The van der Waals surface area contributed by atoms with E-state index in [2.05, 4.69) is 77.1 Å². The molecule has 3 aromatic carbocycles. The van der Waals surface area contributed by atoms with E-state index in [0.29, 0.717) is 0 Å². The lowest BCUT2D eigenvalue weighted by molar-refractivity contribution is 0.416. The van der Waals surface area contributed by atoms with Crippen molar-refractivity contribution in [1.29, 1.82) is 0 Å². The number of aromatic nitrogens is 3. The van der Waals surface area contributed by atoms with Crippen molar-refractivity contribution < 1.29 is 4.74 Å². The Hall–Kier alpha value is -3.05. The van der Waals surface area contributed by atoms with Crippen molar-refractivity contribution in [1.82, 2.24) is 14.8 Å². The molecule has 4 rings (SSSR count). The third kappa shape index (κ3) is 4.20. The Morgan fingerprint density at radius 3 is 2.41 bits per heavy atom. The molecule has 0 radical (unpaired) electrons. The number of aryl methyl sites for hydroxylation is 2. The average Bonchev–Trinajstić information content (AvgIpc) is 3.17. The topological polar surface area (TPSA) is 39.9 Å². The molecule has 29 heavy (non-hydrogen) atoms. The fraction of sp³-hybridized carbons (Fsp3) is 0.167. The number of hydrogen-bond acceptors (Lipinski definition) is 4. The molecule has 146 valence electrons. The van der Waals surface area contributed by atoms with Gasteiger partial charge in [-0.15, -0.1) is 10.2 Å². The van der Waals surface area contributed by atoms with Crippen LogP contribution in [-0.2, 0) is 5.75 Å². The Kier molecular flexibility index (Phi) is 5.67. The highest BCUT2D eigenvalue weighted by Gasteiger charge is 2.19. The quantitative estimate of drug-likeness (QED) is 0.380. The highest BCUT2D eigenvalue weighted by atomic mass is 32.2. The molecule has 5 heteroatoms. The van der Waals surface area contributed by atoms with E-state index < -0.39 is 0 Å². The number of ether oxygens (including phenoxy) is 1. The van der Waals surface area contributed by atoms with E-state index in [4.69, 9.17) is 4.74 Å². The predicted molar refractivity (Wildman–Crippen MR) is 119 cm³/mol. The molecular formula is C24H23N3OS. The van der Waals surface area contributed by atoms with Gasteiger partial charge in [-0.1, -0.05) is 65.9 Å². The lowest BCUT2D eigenvalue weighted by Gasteiger charge is -2.13. The largest absolute Gasteiger partial charge is 0.496 e. The molecule has 0 saturated heterocycles. The van der Waals surface area contributed by atoms with Gasteiger partial charge in [-0.2, -0.15) is 0 Å². The van der Waals surface area contributed by atoms with Gasteiger partial charge in [0, 0.05) is 11.4 Å². The maximum absolute atomic E-state index is 5.58. The normalized spacial score (nSPS) is 10.9. The monoisotopic (exact) mass is 401 g/mol. The summed E-state index contributed by atoms with van der Waals surface area (Å²) in [6.07, 6.45) is 0. The first-order chi connectivity index (χ1) is 14.2. The summed E-state index contributed by atoms with van der Waals surface area (Å²) in [5, 5.41) is 9.92. The summed E-state index contributed by atoms with van der Waals surface area (Å²) >= 11 is 1.68. The van der Waals surface area contributed by atoms with Gasteiger partial charge in [0.15, 0.2) is 11.0 Å². The van der Waals surface area contributed by atoms with Crippen LogP contribution in [0.3, 0.4) is 0 Å². The molecule has 0 fully saturated rings. The summed E-state index contributed by atoms with van der Waals surface area (Å²) in [4.78, 5) is 0. The van der Waals surface area contributed by atoms with Gasteiger partial charge in [0.05, 0.1) is 12.7 Å². The van der Waals surface area contributed by atoms with Crippen molar-refractivity contribution in [2.75, 3.05) is 7.11 Å². The van der Waals surface area contributed by atoms with Crippen molar-refractivity contribution in [2.24, 2.45) is 0 Å². The van der Waals surface area contributed by atoms with Crippen LogP contribution < -0.4 is 4.74 Å². The molecule has 0 bridgehead atoms. The third-order valence-corrected chi connectivity index (χ3v) is 5.73. The summed E-state index contributed by atoms with van der Waals surface area (Å²) in [5.74, 6) is 2.39. The van der Waals surface area contributed by atoms with Crippen LogP contribution in [0.1, 0.15) is 16.7 Å². The lowest BCUT2D eigenvalue weighted by atomic mass is 10.1.